The van der Waals surface area contributed by atoms with Crippen molar-refractivity contribution in [1.82, 2.24) is 0 Å². The number of rotatable bonds is 4. The van der Waals surface area contributed by atoms with E-state index in [9.17, 15) is 4.39 Å². The summed E-state index contributed by atoms with van der Waals surface area (Å²) in [5, 5.41) is 0.716. The van der Waals surface area contributed by atoms with Gasteiger partial charge in [-0.15, -0.1) is 0 Å². The van der Waals surface area contributed by atoms with E-state index in [0.717, 1.165) is 11.1 Å². The first-order valence-corrected chi connectivity index (χ1v) is 7.33. The maximum Gasteiger partial charge on any atom is 0.123 e. The lowest BCUT2D eigenvalue weighted by atomic mass is 10.1. The standard InChI is InChI=1S/C18H14ClFO2/c19-15-7-5-14(6-8-15)18-17(22-18)12-21-11-1-2-13-3-9-16(20)10-4-13/h3-10,17-18H,11-12H2. The molecule has 0 aromatic heterocycles. The van der Waals surface area contributed by atoms with Gasteiger partial charge in [0.1, 0.15) is 24.6 Å². The molecule has 2 unspecified atom stereocenters. The van der Waals surface area contributed by atoms with Gasteiger partial charge in [-0.05, 0) is 42.0 Å². The van der Waals surface area contributed by atoms with Crippen molar-refractivity contribution in [2.75, 3.05) is 13.2 Å². The van der Waals surface area contributed by atoms with E-state index in [2.05, 4.69) is 11.8 Å². The fourth-order valence-corrected chi connectivity index (χ4v) is 2.24. The summed E-state index contributed by atoms with van der Waals surface area (Å²) in [4.78, 5) is 0. The fraction of sp³-hybridized carbons (Fsp3) is 0.222. The van der Waals surface area contributed by atoms with Crippen molar-refractivity contribution in [2.45, 2.75) is 12.2 Å². The van der Waals surface area contributed by atoms with Gasteiger partial charge in [0.25, 0.3) is 0 Å². The number of halogens is 2. The van der Waals surface area contributed by atoms with Crippen LogP contribution in [-0.2, 0) is 9.47 Å². The van der Waals surface area contributed by atoms with Crippen LogP contribution in [0.2, 0.25) is 5.02 Å². The van der Waals surface area contributed by atoms with E-state index in [0.29, 0.717) is 18.2 Å². The minimum Gasteiger partial charge on any atom is -0.366 e. The van der Waals surface area contributed by atoms with E-state index in [4.69, 9.17) is 21.1 Å². The van der Waals surface area contributed by atoms with Crippen LogP contribution in [0.4, 0.5) is 4.39 Å². The third kappa shape index (κ3) is 4.08. The molecule has 0 bridgehead atoms. The van der Waals surface area contributed by atoms with E-state index in [1.54, 1.807) is 12.1 Å². The second-order valence-corrected chi connectivity index (χ2v) is 5.41. The minimum atomic E-state index is -0.263. The van der Waals surface area contributed by atoms with Crippen molar-refractivity contribution >= 4 is 11.6 Å². The topological polar surface area (TPSA) is 21.8 Å². The summed E-state index contributed by atoms with van der Waals surface area (Å²) in [6, 6.07) is 13.7. The van der Waals surface area contributed by atoms with Crippen molar-refractivity contribution in [3.63, 3.8) is 0 Å². The first-order valence-electron chi connectivity index (χ1n) is 6.95. The molecule has 1 aliphatic heterocycles. The minimum absolute atomic E-state index is 0.0776. The average molecular weight is 317 g/mol. The normalized spacial score (nSPS) is 19.4. The Labute approximate surface area is 133 Å². The zero-order valence-corrected chi connectivity index (χ0v) is 12.5. The molecular formula is C18H14ClFO2. The highest BCUT2D eigenvalue weighted by atomic mass is 35.5. The van der Waals surface area contributed by atoms with Crippen LogP contribution >= 0.6 is 11.6 Å². The number of hydrogen-bond acceptors (Lipinski definition) is 2. The third-order valence-electron chi connectivity index (χ3n) is 3.31. The van der Waals surface area contributed by atoms with Gasteiger partial charge in [0.05, 0.1) is 6.61 Å². The Morgan fingerprint density at radius 3 is 2.55 bits per heavy atom. The molecule has 1 fully saturated rings. The van der Waals surface area contributed by atoms with Crippen LogP contribution in [0.15, 0.2) is 48.5 Å². The maximum absolute atomic E-state index is 12.7. The molecule has 0 spiro atoms. The van der Waals surface area contributed by atoms with E-state index in [1.807, 2.05) is 24.3 Å². The summed E-state index contributed by atoms with van der Waals surface area (Å²) < 4.78 is 23.8. The maximum atomic E-state index is 12.7. The first-order chi connectivity index (χ1) is 10.7. The lowest BCUT2D eigenvalue weighted by molar-refractivity contribution is 0.145. The Kier molecular flexibility index (Phi) is 4.74. The van der Waals surface area contributed by atoms with E-state index in [-0.39, 0.29) is 18.0 Å². The monoisotopic (exact) mass is 316 g/mol. The molecule has 2 atom stereocenters. The van der Waals surface area contributed by atoms with Gasteiger partial charge in [0.2, 0.25) is 0 Å². The molecule has 1 saturated heterocycles. The highest BCUT2D eigenvalue weighted by Gasteiger charge is 2.40. The van der Waals surface area contributed by atoms with E-state index < -0.39 is 0 Å². The predicted molar refractivity (Wildman–Crippen MR) is 83.2 cm³/mol. The number of hydrogen-bond donors (Lipinski definition) is 0. The van der Waals surface area contributed by atoms with E-state index in [1.165, 1.54) is 12.1 Å². The lowest BCUT2D eigenvalue weighted by Gasteiger charge is -1.97. The number of benzene rings is 2. The van der Waals surface area contributed by atoms with Gasteiger partial charge in [-0.3, -0.25) is 0 Å². The molecule has 0 N–H and O–H groups in total. The molecule has 3 rings (SSSR count). The van der Waals surface area contributed by atoms with Crippen LogP contribution in [0.5, 0.6) is 0 Å². The lowest BCUT2D eigenvalue weighted by Crippen LogP contribution is -2.02. The van der Waals surface area contributed by atoms with Gasteiger partial charge in [-0.2, -0.15) is 0 Å². The highest BCUT2D eigenvalue weighted by Crippen LogP contribution is 2.38. The molecule has 0 radical (unpaired) electrons. The molecule has 22 heavy (non-hydrogen) atoms. The molecular weight excluding hydrogens is 303 g/mol. The van der Waals surface area contributed by atoms with Crippen LogP contribution in [0.1, 0.15) is 17.2 Å². The molecule has 0 saturated carbocycles. The zero-order chi connectivity index (χ0) is 15.4. The summed E-state index contributed by atoms with van der Waals surface area (Å²) in [5.74, 6) is 5.55. The van der Waals surface area contributed by atoms with Gasteiger partial charge in [0, 0.05) is 10.6 Å². The predicted octanol–water partition coefficient (Wildman–Crippen LogP) is 3.99. The molecule has 0 amide bonds. The van der Waals surface area contributed by atoms with Crippen LogP contribution in [0.3, 0.4) is 0 Å². The molecule has 2 aromatic rings. The molecule has 0 aliphatic carbocycles. The summed E-state index contributed by atoms with van der Waals surface area (Å²) >= 11 is 5.85. The number of epoxide rings is 1. The Hall–Kier alpha value is -1.86. The fourth-order valence-electron chi connectivity index (χ4n) is 2.11. The molecule has 1 aliphatic rings. The Bertz CT molecular complexity index is 686. The van der Waals surface area contributed by atoms with Crippen molar-refractivity contribution in [3.05, 3.63) is 70.5 Å². The van der Waals surface area contributed by atoms with Crippen LogP contribution in [0, 0.1) is 17.7 Å². The zero-order valence-electron chi connectivity index (χ0n) is 11.8. The van der Waals surface area contributed by atoms with Crippen molar-refractivity contribution < 1.29 is 13.9 Å². The summed E-state index contributed by atoms with van der Waals surface area (Å²) in [7, 11) is 0. The van der Waals surface area contributed by atoms with Crippen LogP contribution in [0.25, 0.3) is 0 Å². The Morgan fingerprint density at radius 2 is 1.82 bits per heavy atom. The van der Waals surface area contributed by atoms with Crippen molar-refractivity contribution in [2.24, 2.45) is 0 Å². The quantitative estimate of drug-likeness (QED) is 0.483. The molecule has 112 valence electrons. The van der Waals surface area contributed by atoms with E-state index >= 15 is 0 Å². The van der Waals surface area contributed by atoms with Gasteiger partial charge in [-0.1, -0.05) is 35.6 Å². The third-order valence-corrected chi connectivity index (χ3v) is 3.57. The smallest absolute Gasteiger partial charge is 0.123 e. The number of ether oxygens (including phenoxy) is 2. The summed E-state index contributed by atoms with van der Waals surface area (Å²) in [6.45, 7) is 0.829. The largest absolute Gasteiger partial charge is 0.366 e. The molecule has 1 heterocycles. The summed E-state index contributed by atoms with van der Waals surface area (Å²) in [6.07, 6.45) is 0.163. The van der Waals surface area contributed by atoms with Gasteiger partial charge >= 0.3 is 0 Å². The highest BCUT2D eigenvalue weighted by molar-refractivity contribution is 6.30. The second-order valence-electron chi connectivity index (χ2n) is 4.97. The van der Waals surface area contributed by atoms with Crippen LogP contribution in [-0.4, -0.2) is 19.3 Å². The van der Waals surface area contributed by atoms with Gasteiger partial charge in [0.15, 0.2) is 0 Å². The van der Waals surface area contributed by atoms with Crippen molar-refractivity contribution in [1.29, 1.82) is 0 Å². The van der Waals surface area contributed by atoms with Gasteiger partial charge in [-0.25, -0.2) is 4.39 Å². The molecule has 2 aromatic carbocycles. The summed E-state index contributed by atoms with van der Waals surface area (Å²) in [5.41, 5.74) is 1.88. The molecule has 4 heteroatoms. The van der Waals surface area contributed by atoms with Gasteiger partial charge < -0.3 is 9.47 Å². The average Bonchev–Trinajstić information content (AvgIpc) is 3.29. The SMILES string of the molecule is Fc1ccc(C#CCOCC2OC2c2ccc(Cl)cc2)cc1. The Balaban J connectivity index is 1.40. The second kappa shape index (κ2) is 6.93. The van der Waals surface area contributed by atoms with Crippen molar-refractivity contribution in [3.8, 4) is 11.8 Å². The first kappa shape index (κ1) is 15.1. The van der Waals surface area contributed by atoms with Crippen LogP contribution < -0.4 is 0 Å². The Morgan fingerprint density at radius 1 is 1.09 bits per heavy atom. The molecule has 2 nitrogen and oxygen atoms in total.